The molecule has 1 aromatic carbocycles. The molecule has 0 bridgehead atoms. The Morgan fingerprint density at radius 2 is 2.00 bits per heavy atom. The standard InChI is InChI=1S/C11H10N4O5/c12-6(9(13)16)4-14-10(17)5-2-1-3-7(15(19)20)8(5)11(14)18/h1-3,6H,4,12H2,(H2,13,16). The summed E-state index contributed by atoms with van der Waals surface area (Å²) in [7, 11) is 0. The SMILES string of the molecule is NC(=O)C(N)CN1C(=O)c2cccc([N+](=O)[O-])c2C1=O. The van der Waals surface area contributed by atoms with Crippen molar-refractivity contribution in [3.8, 4) is 0 Å². The fourth-order valence-electron chi connectivity index (χ4n) is 1.92. The number of nitrogens with two attached hydrogens (primary N) is 2. The van der Waals surface area contributed by atoms with Crippen LogP contribution in [0, 0.1) is 10.1 Å². The van der Waals surface area contributed by atoms with Gasteiger partial charge in [-0.1, -0.05) is 6.07 Å². The summed E-state index contributed by atoms with van der Waals surface area (Å²) in [6.45, 7) is -0.418. The summed E-state index contributed by atoms with van der Waals surface area (Å²) in [6.07, 6.45) is 0. The van der Waals surface area contributed by atoms with E-state index >= 15 is 0 Å². The number of nitrogens with zero attached hydrogens (tertiary/aromatic N) is 2. The topological polar surface area (TPSA) is 150 Å². The van der Waals surface area contributed by atoms with Crippen LogP contribution in [0.2, 0.25) is 0 Å². The molecule has 9 nitrogen and oxygen atoms in total. The third-order valence-electron chi connectivity index (χ3n) is 2.92. The molecule has 0 spiro atoms. The van der Waals surface area contributed by atoms with Gasteiger partial charge in [0.1, 0.15) is 11.6 Å². The highest BCUT2D eigenvalue weighted by Gasteiger charge is 2.41. The van der Waals surface area contributed by atoms with E-state index in [0.29, 0.717) is 4.90 Å². The average molecular weight is 278 g/mol. The molecule has 20 heavy (non-hydrogen) atoms. The van der Waals surface area contributed by atoms with Crippen molar-refractivity contribution in [2.24, 2.45) is 11.5 Å². The summed E-state index contributed by atoms with van der Waals surface area (Å²) in [6, 6.07) is 2.51. The minimum absolute atomic E-state index is 0.0825. The van der Waals surface area contributed by atoms with Crippen molar-refractivity contribution < 1.29 is 19.3 Å². The van der Waals surface area contributed by atoms with Crippen LogP contribution in [0.15, 0.2) is 18.2 Å². The van der Waals surface area contributed by atoms with Crippen molar-refractivity contribution in [1.29, 1.82) is 0 Å². The smallest absolute Gasteiger partial charge is 0.282 e. The lowest BCUT2D eigenvalue weighted by molar-refractivity contribution is -0.385. The number of hydrogen-bond donors (Lipinski definition) is 2. The van der Waals surface area contributed by atoms with Crippen LogP contribution in [0.3, 0.4) is 0 Å². The summed E-state index contributed by atoms with van der Waals surface area (Å²) in [5.41, 5.74) is 9.53. The van der Waals surface area contributed by atoms with E-state index in [9.17, 15) is 24.5 Å². The Balaban J connectivity index is 2.43. The molecular formula is C11H10N4O5. The first-order chi connectivity index (χ1) is 9.34. The maximum absolute atomic E-state index is 12.1. The molecule has 3 amide bonds. The molecule has 9 heteroatoms. The van der Waals surface area contributed by atoms with Gasteiger partial charge >= 0.3 is 0 Å². The molecule has 0 aromatic heterocycles. The number of carbonyl (C=O) groups excluding carboxylic acids is 3. The number of benzene rings is 1. The summed E-state index contributed by atoms with van der Waals surface area (Å²) in [4.78, 5) is 45.8. The van der Waals surface area contributed by atoms with Gasteiger partial charge in [-0.05, 0) is 6.07 Å². The number of carbonyl (C=O) groups is 3. The molecule has 0 aliphatic carbocycles. The molecule has 1 aliphatic heterocycles. The molecule has 0 saturated carbocycles. The van der Waals surface area contributed by atoms with Crippen molar-refractivity contribution in [2.45, 2.75) is 6.04 Å². The predicted molar refractivity (Wildman–Crippen MR) is 65.6 cm³/mol. The van der Waals surface area contributed by atoms with Gasteiger partial charge in [0.25, 0.3) is 17.5 Å². The molecular weight excluding hydrogens is 268 g/mol. The zero-order valence-electron chi connectivity index (χ0n) is 10.1. The molecule has 0 fully saturated rings. The first-order valence-corrected chi connectivity index (χ1v) is 5.53. The number of rotatable bonds is 4. The average Bonchev–Trinajstić information content (AvgIpc) is 2.63. The normalized spacial score (nSPS) is 15.2. The Morgan fingerprint density at radius 1 is 1.35 bits per heavy atom. The van der Waals surface area contributed by atoms with Gasteiger partial charge in [-0.3, -0.25) is 29.4 Å². The van der Waals surface area contributed by atoms with E-state index in [-0.39, 0.29) is 11.1 Å². The minimum atomic E-state index is -1.23. The summed E-state index contributed by atoms with van der Waals surface area (Å²) < 4.78 is 0. The zero-order valence-corrected chi connectivity index (χ0v) is 10.1. The number of fused-ring (bicyclic) bond motifs is 1. The molecule has 104 valence electrons. The van der Waals surface area contributed by atoms with E-state index in [0.717, 1.165) is 6.07 Å². The highest BCUT2D eigenvalue weighted by Crippen LogP contribution is 2.30. The van der Waals surface area contributed by atoms with Crippen LogP contribution in [-0.2, 0) is 4.79 Å². The predicted octanol–water partition coefficient (Wildman–Crippen LogP) is -0.997. The van der Waals surface area contributed by atoms with Gasteiger partial charge in [0.05, 0.1) is 17.0 Å². The number of nitro groups is 1. The number of hydrogen-bond acceptors (Lipinski definition) is 6. The number of primary amides is 1. The Kier molecular flexibility index (Phi) is 3.20. The van der Waals surface area contributed by atoms with Crippen LogP contribution in [0.25, 0.3) is 0 Å². The number of nitro benzene ring substituents is 1. The molecule has 1 unspecified atom stereocenters. The lowest BCUT2D eigenvalue weighted by atomic mass is 10.1. The summed E-state index contributed by atoms with van der Waals surface area (Å²) >= 11 is 0. The second-order valence-corrected chi connectivity index (χ2v) is 4.19. The highest BCUT2D eigenvalue weighted by molar-refractivity contribution is 6.23. The number of imide groups is 1. The maximum Gasteiger partial charge on any atom is 0.282 e. The van der Waals surface area contributed by atoms with Crippen LogP contribution in [0.4, 0.5) is 5.69 Å². The van der Waals surface area contributed by atoms with Gasteiger partial charge in [-0.25, -0.2) is 0 Å². The van der Waals surface area contributed by atoms with Crippen LogP contribution < -0.4 is 11.5 Å². The molecule has 1 atom stereocenters. The monoisotopic (exact) mass is 278 g/mol. The van der Waals surface area contributed by atoms with Gasteiger partial charge in [0.15, 0.2) is 0 Å². The van der Waals surface area contributed by atoms with Crippen molar-refractivity contribution in [3.63, 3.8) is 0 Å². The quantitative estimate of drug-likeness (QED) is 0.410. The molecule has 0 radical (unpaired) electrons. The molecule has 1 aromatic rings. The Bertz CT molecular complexity index is 642. The largest absolute Gasteiger partial charge is 0.368 e. The first-order valence-electron chi connectivity index (χ1n) is 5.53. The molecule has 4 N–H and O–H groups in total. The first kappa shape index (κ1) is 13.6. The lowest BCUT2D eigenvalue weighted by Crippen LogP contribution is -2.47. The second-order valence-electron chi connectivity index (χ2n) is 4.19. The Morgan fingerprint density at radius 3 is 2.55 bits per heavy atom. The fraction of sp³-hybridized carbons (Fsp3) is 0.182. The van der Waals surface area contributed by atoms with E-state index in [2.05, 4.69) is 0 Å². The summed E-state index contributed by atoms with van der Waals surface area (Å²) in [5.74, 6) is -2.46. The zero-order chi connectivity index (χ0) is 15.0. The Hall–Kier alpha value is -2.81. The van der Waals surface area contributed by atoms with E-state index in [1.165, 1.54) is 12.1 Å². The number of amides is 3. The van der Waals surface area contributed by atoms with Gasteiger partial charge in [0.2, 0.25) is 5.91 Å². The minimum Gasteiger partial charge on any atom is -0.368 e. The Labute approximate surface area is 112 Å². The van der Waals surface area contributed by atoms with Crippen LogP contribution >= 0.6 is 0 Å². The van der Waals surface area contributed by atoms with E-state index in [4.69, 9.17) is 11.5 Å². The van der Waals surface area contributed by atoms with Crippen molar-refractivity contribution in [2.75, 3.05) is 6.54 Å². The van der Waals surface area contributed by atoms with Crippen LogP contribution in [0.1, 0.15) is 20.7 Å². The van der Waals surface area contributed by atoms with Gasteiger partial charge in [0, 0.05) is 6.07 Å². The molecule has 0 saturated heterocycles. The third-order valence-corrected chi connectivity index (χ3v) is 2.92. The van der Waals surface area contributed by atoms with Gasteiger partial charge in [-0.2, -0.15) is 0 Å². The summed E-state index contributed by atoms with van der Waals surface area (Å²) in [5, 5.41) is 10.9. The lowest BCUT2D eigenvalue weighted by Gasteiger charge is -2.16. The highest BCUT2D eigenvalue weighted by atomic mass is 16.6. The van der Waals surface area contributed by atoms with Crippen LogP contribution in [-0.4, -0.2) is 40.1 Å². The molecule has 1 aliphatic rings. The van der Waals surface area contributed by atoms with E-state index < -0.39 is 40.9 Å². The molecule has 2 rings (SSSR count). The van der Waals surface area contributed by atoms with Crippen LogP contribution in [0.5, 0.6) is 0 Å². The third kappa shape index (κ3) is 1.99. The van der Waals surface area contributed by atoms with E-state index in [1.54, 1.807) is 0 Å². The second kappa shape index (κ2) is 4.70. The van der Waals surface area contributed by atoms with Crippen molar-refractivity contribution in [1.82, 2.24) is 4.90 Å². The molecule has 1 heterocycles. The fourth-order valence-corrected chi connectivity index (χ4v) is 1.92. The van der Waals surface area contributed by atoms with Gasteiger partial charge in [-0.15, -0.1) is 0 Å². The van der Waals surface area contributed by atoms with Crippen molar-refractivity contribution in [3.05, 3.63) is 39.4 Å². The van der Waals surface area contributed by atoms with Gasteiger partial charge < -0.3 is 11.5 Å². The van der Waals surface area contributed by atoms with Crippen molar-refractivity contribution >= 4 is 23.4 Å². The maximum atomic E-state index is 12.1. The van der Waals surface area contributed by atoms with E-state index in [1.807, 2.05) is 0 Å².